The Hall–Kier alpha value is -1.20. The topological polar surface area (TPSA) is 41.5 Å². The minimum absolute atomic E-state index is 0.124. The fraction of sp³-hybridized carbons (Fsp3) is 0.538. The highest BCUT2D eigenvalue weighted by Gasteiger charge is 2.22. The second-order valence-corrected chi connectivity index (χ2v) is 4.48. The van der Waals surface area contributed by atoms with Gasteiger partial charge in [-0.2, -0.15) is 0 Å². The average Bonchev–Trinajstić information content (AvgIpc) is 2.87. The molecule has 0 radical (unpaired) electrons. The first kappa shape index (κ1) is 13.2. The van der Waals surface area contributed by atoms with E-state index in [4.69, 9.17) is 4.74 Å². The van der Waals surface area contributed by atoms with Crippen LogP contribution in [0.25, 0.3) is 0 Å². The Labute approximate surface area is 105 Å². The van der Waals surface area contributed by atoms with Gasteiger partial charge in [-0.25, -0.2) is 8.78 Å². The van der Waals surface area contributed by atoms with Crippen LogP contribution in [-0.2, 0) is 0 Å². The molecular weight excluding hydrogens is 240 g/mol. The molecular formula is C13H17F2NO2. The van der Waals surface area contributed by atoms with Gasteiger partial charge in [0.15, 0.2) is 11.6 Å². The van der Waals surface area contributed by atoms with Gasteiger partial charge in [0.25, 0.3) is 0 Å². The average molecular weight is 257 g/mol. The summed E-state index contributed by atoms with van der Waals surface area (Å²) in [6.45, 7) is 1.22. The molecule has 1 aromatic rings. The van der Waals surface area contributed by atoms with Crippen molar-refractivity contribution in [2.45, 2.75) is 31.4 Å². The fourth-order valence-electron chi connectivity index (χ4n) is 2.11. The van der Waals surface area contributed by atoms with E-state index in [0.29, 0.717) is 6.42 Å². The number of nitrogens with one attached hydrogen (secondary N) is 1. The zero-order chi connectivity index (χ0) is 13.0. The Morgan fingerprint density at radius 1 is 1.39 bits per heavy atom. The smallest absolute Gasteiger partial charge is 0.162 e. The Kier molecular flexibility index (Phi) is 4.49. The van der Waals surface area contributed by atoms with Crippen LogP contribution in [0.3, 0.4) is 0 Å². The van der Waals surface area contributed by atoms with Crippen molar-refractivity contribution in [2.24, 2.45) is 0 Å². The number of ether oxygens (including phenoxy) is 1. The van der Waals surface area contributed by atoms with E-state index in [2.05, 4.69) is 5.32 Å². The standard InChI is InChI=1S/C13H17F2NO2/c14-10-4-3-9(8-11(10)15)18-7-5-13(17)12-2-1-6-16-12/h3-4,8,12-13,16-17H,1-2,5-7H2. The van der Waals surface area contributed by atoms with Gasteiger partial charge in [0.05, 0.1) is 12.7 Å². The third kappa shape index (κ3) is 3.40. The normalized spacial score (nSPS) is 20.9. The number of aliphatic hydroxyl groups excluding tert-OH is 1. The summed E-state index contributed by atoms with van der Waals surface area (Å²) in [4.78, 5) is 0. The molecule has 18 heavy (non-hydrogen) atoms. The molecule has 0 amide bonds. The second-order valence-electron chi connectivity index (χ2n) is 4.48. The summed E-state index contributed by atoms with van der Waals surface area (Å²) in [6, 6.07) is 3.53. The van der Waals surface area contributed by atoms with Crippen LogP contribution in [-0.4, -0.2) is 30.4 Å². The van der Waals surface area contributed by atoms with Crippen molar-refractivity contribution in [3.63, 3.8) is 0 Å². The fourth-order valence-corrected chi connectivity index (χ4v) is 2.11. The number of hydrogen-bond donors (Lipinski definition) is 2. The molecule has 2 unspecified atom stereocenters. The van der Waals surface area contributed by atoms with Crippen LogP contribution in [0.5, 0.6) is 5.75 Å². The van der Waals surface area contributed by atoms with E-state index in [-0.39, 0.29) is 18.4 Å². The molecule has 100 valence electrons. The van der Waals surface area contributed by atoms with Gasteiger partial charge in [-0.3, -0.25) is 0 Å². The first-order chi connectivity index (χ1) is 8.66. The van der Waals surface area contributed by atoms with E-state index in [0.717, 1.165) is 31.5 Å². The quantitative estimate of drug-likeness (QED) is 0.845. The van der Waals surface area contributed by atoms with Crippen LogP contribution < -0.4 is 10.1 Å². The maximum absolute atomic E-state index is 12.9. The lowest BCUT2D eigenvalue weighted by atomic mass is 10.1. The summed E-state index contributed by atoms with van der Waals surface area (Å²) in [5, 5.41) is 13.1. The third-order valence-corrected chi connectivity index (χ3v) is 3.14. The Bertz CT molecular complexity index is 395. The van der Waals surface area contributed by atoms with E-state index >= 15 is 0 Å². The van der Waals surface area contributed by atoms with Crippen LogP contribution >= 0.6 is 0 Å². The first-order valence-electron chi connectivity index (χ1n) is 6.16. The lowest BCUT2D eigenvalue weighted by Crippen LogP contribution is -2.35. The molecule has 0 saturated carbocycles. The molecule has 1 aliphatic heterocycles. The summed E-state index contributed by atoms with van der Waals surface area (Å²) in [5.41, 5.74) is 0. The largest absolute Gasteiger partial charge is 0.493 e. The molecule has 0 aliphatic carbocycles. The molecule has 5 heteroatoms. The molecule has 1 heterocycles. The molecule has 2 atom stereocenters. The van der Waals surface area contributed by atoms with Crippen molar-refractivity contribution in [1.29, 1.82) is 0 Å². The first-order valence-corrected chi connectivity index (χ1v) is 6.16. The van der Waals surface area contributed by atoms with E-state index in [9.17, 15) is 13.9 Å². The molecule has 1 aliphatic rings. The van der Waals surface area contributed by atoms with Gasteiger partial charge in [-0.15, -0.1) is 0 Å². The van der Waals surface area contributed by atoms with Gasteiger partial charge in [0, 0.05) is 18.5 Å². The van der Waals surface area contributed by atoms with Crippen LogP contribution in [0, 0.1) is 11.6 Å². The van der Waals surface area contributed by atoms with Crippen molar-refractivity contribution in [1.82, 2.24) is 5.32 Å². The number of halogens is 2. The highest BCUT2D eigenvalue weighted by molar-refractivity contribution is 5.23. The van der Waals surface area contributed by atoms with Crippen LogP contribution in [0.4, 0.5) is 8.78 Å². The zero-order valence-corrected chi connectivity index (χ0v) is 10.0. The van der Waals surface area contributed by atoms with Crippen molar-refractivity contribution in [3.8, 4) is 5.75 Å². The Morgan fingerprint density at radius 3 is 2.89 bits per heavy atom. The van der Waals surface area contributed by atoms with Crippen molar-refractivity contribution < 1.29 is 18.6 Å². The van der Waals surface area contributed by atoms with Crippen molar-refractivity contribution >= 4 is 0 Å². The molecule has 0 spiro atoms. The number of rotatable bonds is 5. The van der Waals surface area contributed by atoms with Gasteiger partial charge >= 0.3 is 0 Å². The Balaban J connectivity index is 1.75. The lowest BCUT2D eigenvalue weighted by molar-refractivity contribution is 0.107. The third-order valence-electron chi connectivity index (χ3n) is 3.14. The molecule has 1 fully saturated rings. The van der Waals surface area contributed by atoms with Crippen LogP contribution in [0.15, 0.2) is 18.2 Å². The maximum atomic E-state index is 12.9. The predicted octanol–water partition coefficient (Wildman–Crippen LogP) is 1.85. The lowest BCUT2D eigenvalue weighted by Gasteiger charge is -2.18. The number of benzene rings is 1. The molecule has 2 rings (SSSR count). The van der Waals surface area contributed by atoms with E-state index < -0.39 is 17.7 Å². The zero-order valence-electron chi connectivity index (χ0n) is 10.0. The van der Waals surface area contributed by atoms with Gasteiger partial charge in [0.1, 0.15) is 5.75 Å². The van der Waals surface area contributed by atoms with E-state index in [1.54, 1.807) is 0 Å². The summed E-state index contributed by atoms with van der Waals surface area (Å²) >= 11 is 0. The predicted molar refractivity (Wildman–Crippen MR) is 63.5 cm³/mol. The van der Waals surface area contributed by atoms with E-state index in [1.807, 2.05) is 0 Å². The number of hydrogen-bond acceptors (Lipinski definition) is 3. The molecule has 2 N–H and O–H groups in total. The monoisotopic (exact) mass is 257 g/mol. The molecule has 1 aromatic carbocycles. The summed E-state index contributed by atoms with van der Waals surface area (Å²) in [7, 11) is 0. The maximum Gasteiger partial charge on any atom is 0.162 e. The van der Waals surface area contributed by atoms with Crippen molar-refractivity contribution in [3.05, 3.63) is 29.8 Å². The molecule has 3 nitrogen and oxygen atoms in total. The molecule has 0 aromatic heterocycles. The molecule has 1 saturated heterocycles. The van der Waals surface area contributed by atoms with Gasteiger partial charge in [0.2, 0.25) is 0 Å². The second kappa shape index (κ2) is 6.11. The number of aliphatic hydroxyl groups is 1. The minimum atomic E-state index is -0.925. The summed E-state index contributed by atoms with van der Waals surface area (Å²) in [6.07, 6.45) is 2.05. The van der Waals surface area contributed by atoms with Gasteiger partial charge < -0.3 is 15.2 Å². The summed E-state index contributed by atoms with van der Waals surface area (Å²) < 4.78 is 30.8. The van der Waals surface area contributed by atoms with Crippen molar-refractivity contribution in [2.75, 3.05) is 13.2 Å². The molecule has 0 bridgehead atoms. The van der Waals surface area contributed by atoms with Crippen LogP contribution in [0.1, 0.15) is 19.3 Å². The van der Waals surface area contributed by atoms with Gasteiger partial charge in [-0.1, -0.05) is 0 Å². The van der Waals surface area contributed by atoms with E-state index in [1.165, 1.54) is 6.07 Å². The SMILES string of the molecule is OC(CCOc1ccc(F)c(F)c1)C1CCCN1. The highest BCUT2D eigenvalue weighted by atomic mass is 19.2. The highest BCUT2D eigenvalue weighted by Crippen LogP contribution is 2.17. The van der Waals surface area contributed by atoms with Gasteiger partial charge in [-0.05, 0) is 31.5 Å². The minimum Gasteiger partial charge on any atom is -0.493 e. The summed E-state index contributed by atoms with van der Waals surface area (Å²) in [5.74, 6) is -1.54. The van der Waals surface area contributed by atoms with Crippen LogP contribution in [0.2, 0.25) is 0 Å². The Morgan fingerprint density at radius 2 is 2.22 bits per heavy atom.